The molecule has 0 bridgehead atoms. The number of thiophene rings is 2. The van der Waals surface area contributed by atoms with Crippen molar-refractivity contribution < 1.29 is 0 Å². The molecule has 0 N–H and O–H groups in total. The third kappa shape index (κ3) is 5.24. The first-order chi connectivity index (χ1) is 25.8. The van der Waals surface area contributed by atoms with E-state index in [2.05, 4.69) is 204 Å². The summed E-state index contributed by atoms with van der Waals surface area (Å²) < 4.78 is 5.12. The van der Waals surface area contributed by atoms with E-state index in [4.69, 9.17) is 0 Å². The summed E-state index contributed by atoms with van der Waals surface area (Å²) in [6.45, 7) is 0. The molecule has 0 saturated carbocycles. The fraction of sp³-hybridized carbons (Fsp3) is 0. The van der Waals surface area contributed by atoms with E-state index in [9.17, 15) is 0 Å². The molecule has 52 heavy (non-hydrogen) atoms. The van der Waals surface area contributed by atoms with E-state index in [1.165, 1.54) is 51.5 Å². The average Bonchev–Trinajstić information content (AvgIpc) is 3.79. The van der Waals surface area contributed by atoms with Crippen LogP contribution >= 0.6 is 22.7 Å². The highest BCUT2D eigenvalue weighted by molar-refractivity contribution is 7.26. The number of hydrogen-bond acceptors (Lipinski definition) is 4. The predicted octanol–water partition coefficient (Wildman–Crippen LogP) is 15.0. The van der Waals surface area contributed by atoms with Crippen LogP contribution in [-0.2, 0) is 0 Å². The van der Waals surface area contributed by atoms with Crippen LogP contribution in [0.3, 0.4) is 0 Å². The van der Waals surface area contributed by atoms with Crippen LogP contribution in [0, 0.1) is 0 Å². The normalized spacial score (nSPS) is 11.5. The summed E-state index contributed by atoms with van der Waals surface area (Å²) in [5.41, 5.74) is 9.24. The maximum absolute atomic E-state index is 2.44. The van der Waals surface area contributed by atoms with Crippen molar-refractivity contribution >= 4 is 97.1 Å². The summed E-state index contributed by atoms with van der Waals surface area (Å²) in [4.78, 5) is 4.85. The third-order valence-electron chi connectivity index (χ3n) is 9.84. The predicted molar refractivity (Wildman–Crippen MR) is 227 cm³/mol. The largest absolute Gasteiger partial charge is 0.310 e. The molecule has 0 aliphatic heterocycles. The molecule has 10 aromatic rings. The lowest BCUT2D eigenvalue weighted by Crippen LogP contribution is -2.11. The van der Waals surface area contributed by atoms with Gasteiger partial charge < -0.3 is 9.80 Å². The van der Waals surface area contributed by atoms with Crippen molar-refractivity contribution in [3.63, 3.8) is 0 Å². The Balaban J connectivity index is 1.21. The van der Waals surface area contributed by atoms with Gasteiger partial charge in [0.05, 0.1) is 11.4 Å². The van der Waals surface area contributed by atoms with Gasteiger partial charge in [-0.25, -0.2) is 0 Å². The molecule has 2 nitrogen and oxygen atoms in total. The molecule has 2 heterocycles. The van der Waals surface area contributed by atoms with Gasteiger partial charge in [-0.1, -0.05) is 115 Å². The highest BCUT2D eigenvalue weighted by Gasteiger charge is 2.23. The first-order valence-corrected chi connectivity index (χ1v) is 19.1. The first kappa shape index (κ1) is 30.6. The minimum atomic E-state index is 1.12. The van der Waals surface area contributed by atoms with Gasteiger partial charge in [0.25, 0.3) is 0 Å². The second kappa shape index (κ2) is 12.8. The maximum atomic E-state index is 2.44. The minimum Gasteiger partial charge on any atom is -0.310 e. The van der Waals surface area contributed by atoms with E-state index in [1.807, 2.05) is 22.7 Å². The molecule has 0 atom stereocenters. The average molecular weight is 701 g/mol. The number of anilines is 6. The van der Waals surface area contributed by atoms with E-state index in [0.717, 1.165) is 34.1 Å². The molecule has 0 saturated heterocycles. The second-order valence-corrected chi connectivity index (χ2v) is 15.1. The Bertz CT molecular complexity index is 2840. The third-order valence-corrected chi connectivity index (χ3v) is 12.1. The molecule has 10 rings (SSSR count). The number of benzene rings is 8. The van der Waals surface area contributed by atoms with Crippen LogP contribution in [0.5, 0.6) is 0 Å². The van der Waals surface area contributed by atoms with Crippen LogP contribution in [0.4, 0.5) is 34.1 Å². The zero-order valence-electron chi connectivity index (χ0n) is 28.2. The van der Waals surface area contributed by atoms with E-state index in [-0.39, 0.29) is 0 Å². The van der Waals surface area contributed by atoms with Gasteiger partial charge in [0.15, 0.2) is 0 Å². The highest BCUT2D eigenvalue weighted by Crippen LogP contribution is 2.50. The van der Waals surface area contributed by atoms with Gasteiger partial charge >= 0.3 is 0 Å². The molecule has 8 aromatic carbocycles. The Morgan fingerprint density at radius 1 is 0.288 bits per heavy atom. The van der Waals surface area contributed by atoms with Crippen LogP contribution in [0.2, 0.25) is 0 Å². The highest BCUT2D eigenvalue weighted by atomic mass is 32.1. The van der Waals surface area contributed by atoms with Gasteiger partial charge in [-0.05, 0) is 90.0 Å². The maximum Gasteiger partial charge on any atom is 0.0555 e. The van der Waals surface area contributed by atoms with Crippen molar-refractivity contribution in [2.24, 2.45) is 0 Å². The van der Waals surface area contributed by atoms with Gasteiger partial charge in [0, 0.05) is 63.1 Å². The lowest BCUT2D eigenvalue weighted by Gasteiger charge is -2.28. The molecule has 0 spiro atoms. The van der Waals surface area contributed by atoms with Crippen LogP contribution in [-0.4, -0.2) is 0 Å². The lowest BCUT2D eigenvalue weighted by molar-refractivity contribution is 1.29. The molecule has 246 valence electrons. The topological polar surface area (TPSA) is 6.48 Å². The molecular weight excluding hydrogens is 669 g/mol. The lowest BCUT2D eigenvalue weighted by atomic mass is 10.0. The number of nitrogens with zero attached hydrogens (tertiary/aromatic N) is 2. The fourth-order valence-electron chi connectivity index (χ4n) is 7.50. The van der Waals surface area contributed by atoms with E-state index >= 15 is 0 Å². The van der Waals surface area contributed by atoms with E-state index in [1.54, 1.807) is 0 Å². The van der Waals surface area contributed by atoms with Crippen molar-refractivity contribution in [1.29, 1.82) is 0 Å². The molecule has 0 radical (unpaired) electrons. The van der Waals surface area contributed by atoms with Gasteiger partial charge in [0.1, 0.15) is 0 Å². The molecule has 4 heteroatoms. The van der Waals surface area contributed by atoms with Crippen LogP contribution < -0.4 is 9.80 Å². The first-order valence-electron chi connectivity index (χ1n) is 17.5. The monoisotopic (exact) mass is 700 g/mol. The second-order valence-electron chi connectivity index (χ2n) is 12.9. The zero-order chi connectivity index (χ0) is 34.4. The molecule has 0 aliphatic carbocycles. The van der Waals surface area contributed by atoms with E-state index < -0.39 is 0 Å². The Morgan fingerprint density at radius 3 is 1.37 bits per heavy atom. The summed E-state index contributed by atoms with van der Waals surface area (Å²) in [7, 11) is 0. The molecule has 2 aromatic heterocycles. The number of para-hydroxylation sites is 2. The van der Waals surface area contributed by atoms with Crippen molar-refractivity contribution in [3.05, 3.63) is 194 Å². The number of rotatable bonds is 7. The van der Waals surface area contributed by atoms with Gasteiger partial charge in [-0.15, -0.1) is 22.7 Å². The Kier molecular flexibility index (Phi) is 7.56. The fourth-order valence-corrected chi connectivity index (χ4v) is 9.79. The molecule has 0 amide bonds. The summed E-state index contributed by atoms with van der Waals surface area (Å²) >= 11 is 3.72. The summed E-state index contributed by atoms with van der Waals surface area (Å²) in [5, 5.41) is 5.11. The minimum absolute atomic E-state index is 1.12. The Labute approximate surface area is 310 Å². The van der Waals surface area contributed by atoms with Crippen molar-refractivity contribution in [3.8, 4) is 11.1 Å². The van der Waals surface area contributed by atoms with Crippen LogP contribution in [0.25, 0.3) is 51.5 Å². The van der Waals surface area contributed by atoms with Gasteiger partial charge in [0.2, 0.25) is 0 Å². The summed E-state index contributed by atoms with van der Waals surface area (Å²) in [5.74, 6) is 0. The smallest absolute Gasteiger partial charge is 0.0555 e. The van der Waals surface area contributed by atoms with Crippen molar-refractivity contribution in [2.75, 3.05) is 9.80 Å². The van der Waals surface area contributed by atoms with Crippen molar-refractivity contribution in [2.45, 2.75) is 0 Å². The quantitative estimate of drug-likeness (QED) is 0.163. The Hall–Kier alpha value is -6.20. The van der Waals surface area contributed by atoms with Gasteiger partial charge in [-0.3, -0.25) is 0 Å². The molecular formula is C48H32N2S2. The van der Waals surface area contributed by atoms with Crippen molar-refractivity contribution in [1.82, 2.24) is 0 Å². The standard InChI is InChI=1S/C48H32N2S2/c1-4-14-33(15-5-1)34-26-28-37(29-27-34)49(35-16-6-2-7-17-35)41-21-12-24-44-47(41)48-42(22-13-25-45(48)52-44)50(36-18-8-3-9-19-36)38-30-31-40-39-20-10-11-23-43(39)51-46(40)32-38/h1-32H. The number of fused-ring (bicyclic) bond motifs is 6. The Morgan fingerprint density at radius 2 is 0.731 bits per heavy atom. The van der Waals surface area contributed by atoms with E-state index in [0.29, 0.717) is 0 Å². The molecule has 0 unspecified atom stereocenters. The molecule has 0 fully saturated rings. The SMILES string of the molecule is c1ccc(-c2ccc(N(c3ccccc3)c3cccc4sc5cccc(N(c6ccccc6)c6ccc7c(c6)sc6ccccc67)c5c34)cc2)cc1. The van der Waals surface area contributed by atoms with Crippen LogP contribution in [0.15, 0.2) is 194 Å². The molecule has 0 aliphatic rings. The van der Waals surface area contributed by atoms with Gasteiger partial charge in [-0.2, -0.15) is 0 Å². The summed E-state index contributed by atoms with van der Waals surface area (Å²) in [6.07, 6.45) is 0. The number of hydrogen-bond donors (Lipinski definition) is 0. The summed E-state index contributed by atoms with van der Waals surface area (Å²) in [6, 6.07) is 70.3. The van der Waals surface area contributed by atoms with Crippen LogP contribution in [0.1, 0.15) is 0 Å². The zero-order valence-corrected chi connectivity index (χ0v) is 29.8.